The van der Waals surface area contributed by atoms with Gasteiger partial charge in [0.25, 0.3) is 0 Å². The van der Waals surface area contributed by atoms with E-state index in [9.17, 15) is 0 Å². The van der Waals surface area contributed by atoms with Gasteiger partial charge in [-0.05, 0) is 57.6 Å². The van der Waals surface area contributed by atoms with Crippen LogP contribution in [0.4, 0.5) is 0 Å². The van der Waals surface area contributed by atoms with Gasteiger partial charge >= 0.3 is 0 Å². The van der Waals surface area contributed by atoms with Gasteiger partial charge in [0.05, 0.1) is 0 Å². The summed E-state index contributed by atoms with van der Waals surface area (Å²) in [6.45, 7) is 5.49. The van der Waals surface area contributed by atoms with Crippen molar-refractivity contribution in [3.05, 3.63) is 28.2 Å². The molecule has 4 heteroatoms. The summed E-state index contributed by atoms with van der Waals surface area (Å²) in [4.78, 5) is 2.43. The molecule has 3 nitrogen and oxygen atoms in total. The van der Waals surface area contributed by atoms with Gasteiger partial charge in [0.15, 0.2) is 0 Å². The van der Waals surface area contributed by atoms with Crippen LogP contribution in [0.15, 0.2) is 22.7 Å². The predicted octanol–water partition coefficient (Wildman–Crippen LogP) is 3.74. The van der Waals surface area contributed by atoms with E-state index in [1.54, 1.807) is 0 Å². The molecule has 2 atom stereocenters. The van der Waals surface area contributed by atoms with Gasteiger partial charge in [0.1, 0.15) is 11.4 Å². The number of nitrogens with one attached hydrogen (secondary N) is 1. The lowest BCUT2D eigenvalue weighted by molar-refractivity contribution is 0.0173. The lowest BCUT2D eigenvalue weighted by Crippen LogP contribution is -2.44. The Morgan fingerprint density at radius 3 is 3.05 bits per heavy atom. The summed E-state index contributed by atoms with van der Waals surface area (Å²) >= 11 is 3.59. The second-order valence-corrected chi connectivity index (χ2v) is 7.35. The summed E-state index contributed by atoms with van der Waals surface area (Å²) in [6.07, 6.45) is 4.59. The number of benzene rings is 1. The molecule has 2 aliphatic rings. The zero-order valence-corrected chi connectivity index (χ0v) is 14.6. The lowest BCUT2D eigenvalue weighted by atomic mass is 9.82. The Morgan fingerprint density at radius 2 is 2.24 bits per heavy atom. The van der Waals surface area contributed by atoms with Gasteiger partial charge in [-0.1, -0.05) is 22.9 Å². The van der Waals surface area contributed by atoms with Crippen LogP contribution in [0.25, 0.3) is 0 Å². The first-order valence-corrected chi connectivity index (χ1v) is 8.81. The predicted molar refractivity (Wildman–Crippen MR) is 89.9 cm³/mol. The van der Waals surface area contributed by atoms with Crippen molar-refractivity contribution in [1.82, 2.24) is 10.2 Å². The molecular weight excluding hydrogens is 328 g/mol. The van der Waals surface area contributed by atoms with E-state index in [1.165, 1.54) is 18.5 Å². The number of hydrogen-bond acceptors (Lipinski definition) is 3. The number of fused-ring (bicyclic) bond motifs is 1. The second-order valence-electron chi connectivity index (χ2n) is 6.44. The van der Waals surface area contributed by atoms with Crippen molar-refractivity contribution in [2.75, 3.05) is 26.7 Å². The molecule has 1 spiro atoms. The summed E-state index contributed by atoms with van der Waals surface area (Å²) in [6, 6.07) is 6.82. The standard InChI is InChI=1S/C17H25BrN2O/c1-3-19-15-12-17(7-4-9-20(2)10-8-17)21-16-6-5-13(18)11-14(15)16/h5-6,11,15,19H,3-4,7-10,12H2,1-2H3. The number of nitrogens with zero attached hydrogens (tertiary/aromatic N) is 1. The smallest absolute Gasteiger partial charge is 0.125 e. The maximum atomic E-state index is 6.53. The second kappa shape index (κ2) is 6.27. The molecule has 0 saturated carbocycles. The van der Waals surface area contributed by atoms with Gasteiger partial charge < -0.3 is 15.0 Å². The van der Waals surface area contributed by atoms with Crippen LogP contribution in [-0.4, -0.2) is 37.2 Å². The highest BCUT2D eigenvalue weighted by Gasteiger charge is 2.41. The quantitative estimate of drug-likeness (QED) is 0.877. The molecule has 3 rings (SSSR count). The van der Waals surface area contributed by atoms with Crippen molar-refractivity contribution in [3.8, 4) is 5.75 Å². The highest BCUT2D eigenvalue weighted by Crippen LogP contribution is 2.44. The fourth-order valence-electron chi connectivity index (χ4n) is 3.68. The molecule has 21 heavy (non-hydrogen) atoms. The topological polar surface area (TPSA) is 24.5 Å². The largest absolute Gasteiger partial charge is 0.487 e. The highest BCUT2D eigenvalue weighted by atomic mass is 79.9. The van der Waals surface area contributed by atoms with Crippen LogP contribution in [0.1, 0.15) is 44.2 Å². The zero-order chi connectivity index (χ0) is 14.9. The number of hydrogen-bond donors (Lipinski definition) is 1. The molecule has 2 unspecified atom stereocenters. The number of halogens is 1. The summed E-state index contributed by atoms with van der Waals surface area (Å²) in [7, 11) is 2.22. The maximum Gasteiger partial charge on any atom is 0.125 e. The van der Waals surface area contributed by atoms with Crippen molar-refractivity contribution in [2.45, 2.75) is 44.2 Å². The Kier molecular flexibility index (Phi) is 4.57. The molecule has 1 aromatic rings. The third kappa shape index (κ3) is 3.27. The van der Waals surface area contributed by atoms with Crippen LogP contribution >= 0.6 is 15.9 Å². The van der Waals surface area contributed by atoms with Crippen molar-refractivity contribution in [1.29, 1.82) is 0 Å². The first kappa shape index (κ1) is 15.3. The Balaban J connectivity index is 1.91. The number of rotatable bonds is 2. The number of likely N-dealkylation sites (tertiary alicyclic amines) is 1. The number of ether oxygens (including phenoxy) is 1. The third-order valence-corrected chi connectivity index (χ3v) is 5.31. The molecule has 0 aromatic heterocycles. The van der Waals surface area contributed by atoms with Crippen LogP contribution in [0, 0.1) is 0 Å². The fourth-order valence-corrected chi connectivity index (χ4v) is 4.06. The molecule has 1 saturated heterocycles. The molecular formula is C17H25BrN2O. The molecule has 2 heterocycles. The van der Waals surface area contributed by atoms with Crippen molar-refractivity contribution < 1.29 is 4.74 Å². The Hall–Kier alpha value is -0.580. The van der Waals surface area contributed by atoms with E-state index in [0.29, 0.717) is 6.04 Å². The van der Waals surface area contributed by atoms with E-state index in [4.69, 9.17) is 4.74 Å². The Bertz CT molecular complexity index is 508. The van der Waals surface area contributed by atoms with E-state index < -0.39 is 0 Å². The molecule has 0 bridgehead atoms. The van der Waals surface area contributed by atoms with Crippen LogP contribution in [0.3, 0.4) is 0 Å². The van der Waals surface area contributed by atoms with E-state index in [-0.39, 0.29) is 5.60 Å². The summed E-state index contributed by atoms with van der Waals surface area (Å²) in [5.74, 6) is 1.07. The summed E-state index contributed by atoms with van der Waals surface area (Å²) in [5.41, 5.74) is 1.31. The SMILES string of the molecule is CCNC1CC2(CCCN(C)CC2)Oc2ccc(Br)cc21. The molecule has 116 valence electrons. The third-order valence-electron chi connectivity index (χ3n) is 4.82. The zero-order valence-electron chi connectivity index (χ0n) is 13.0. The molecule has 1 aromatic carbocycles. The summed E-state index contributed by atoms with van der Waals surface area (Å²) in [5, 5.41) is 3.66. The minimum absolute atomic E-state index is 0.0123. The van der Waals surface area contributed by atoms with Gasteiger partial charge in [-0.2, -0.15) is 0 Å². The van der Waals surface area contributed by atoms with Gasteiger partial charge in [0, 0.05) is 29.0 Å². The molecule has 1 fully saturated rings. The molecule has 0 amide bonds. The van der Waals surface area contributed by atoms with E-state index >= 15 is 0 Å². The fraction of sp³-hybridized carbons (Fsp3) is 0.647. The van der Waals surface area contributed by atoms with E-state index in [1.807, 2.05) is 0 Å². The van der Waals surface area contributed by atoms with Crippen molar-refractivity contribution in [3.63, 3.8) is 0 Å². The minimum Gasteiger partial charge on any atom is -0.487 e. The highest BCUT2D eigenvalue weighted by molar-refractivity contribution is 9.10. The van der Waals surface area contributed by atoms with Crippen LogP contribution < -0.4 is 10.1 Å². The summed E-state index contributed by atoms with van der Waals surface area (Å²) < 4.78 is 7.66. The van der Waals surface area contributed by atoms with Gasteiger partial charge in [0.2, 0.25) is 0 Å². The van der Waals surface area contributed by atoms with Crippen LogP contribution in [0.5, 0.6) is 5.75 Å². The normalized spacial score (nSPS) is 29.8. The van der Waals surface area contributed by atoms with Gasteiger partial charge in [-0.15, -0.1) is 0 Å². The van der Waals surface area contributed by atoms with Gasteiger partial charge in [-0.3, -0.25) is 0 Å². The average Bonchev–Trinajstić information content (AvgIpc) is 2.63. The monoisotopic (exact) mass is 352 g/mol. The Morgan fingerprint density at radius 1 is 1.38 bits per heavy atom. The van der Waals surface area contributed by atoms with E-state index in [0.717, 1.165) is 42.6 Å². The van der Waals surface area contributed by atoms with Crippen LogP contribution in [-0.2, 0) is 0 Å². The molecule has 0 aliphatic carbocycles. The van der Waals surface area contributed by atoms with Crippen molar-refractivity contribution >= 4 is 15.9 Å². The van der Waals surface area contributed by atoms with Gasteiger partial charge in [-0.25, -0.2) is 0 Å². The first-order valence-electron chi connectivity index (χ1n) is 8.02. The maximum absolute atomic E-state index is 6.53. The molecule has 0 radical (unpaired) electrons. The minimum atomic E-state index is 0.0123. The molecule has 1 N–H and O–H groups in total. The van der Waals surface area contributed by atoms with Crippen molar-refractivity contribution in [2.24, 2.45) is 0 Å². The molecule has 2 aliphatic heterocycles. The Labute approximate surface area is 136 Å². The lowest BCUT2D eigenvalue weighted by Gasteiger charge is -2.42. The van der Waals surface area contributed by atoms with E-state index in [2.05, 4.69) is 58.3 Å². The van der Waals surface area contributed by atoms with Crippen LogP contribution in [0.2, 0.25) is 0 Å². The first-order chi connectivity index (χ1) is 10.1. The average molecular weight is 353 g/mol.